The molecule has 1 aromatic rings. The molecular formula is C9H8N2O3. The second-order valence-corrected chi connectivity index (χ2v) is 2.85. The van der Waals surface area contributed by atoms with Crippen molar-refractivity contribution in [3.8, 4) is 6.07 Å². The van der Waals surface area contributed by atoms with Crippen molar-refractivity contribution < 1.29 is 10.0 Å². The molecule has 0 amide bonds. The van der Waals surface area contributed by atoms with Gasteiger partial charge in [-0.3, -0.25) is 10.1 Å². The summed E-state index contributed by atoms with van der Waals surface area (Å²) in [6.07, 6.45) is 0. The molecule has 0 aliphatic carbocycles. The minimum atomic E-state index is -0.620. The van der Waals surface area contributed by atoms with E-state index in [1.807, 2.05) is 0 Å². The Morgan fingerprint density at radius 2 is 2.29 bits per heavy atom. The maximum absolute atomic E-state index is 10.6. The number of hydrogen-bond donors (Lipinski definition) is 1. The van der Waals surface area contributed by atoms with Crippen LogP contribution in [0.5, 0.6) is 0 Å². The van der Waals surface area contributed by atoms with Gasteiger partial charge in [-0.25, -0.2) is 0 Å². The zero-order chi connectivity index (χ0) is 10.7. The second kappa shape index (κ2) is 3.85. The molecule has 0 radical (unpaired) electrons. The van der Waals surface area contributed by atoms with Crippen molar-refractivity contribution in [2.24, 2.45) is 0 Å². The standard InChI is InChI=1S/C9H8N2O3/c1-6-2-7(5-12)8(4-10)9(3-6)11(13)14/h2-3,12H,5H2,1H3. The molecule has 0 aromatic heterocycles. The fourth-order valence-corrected chi connectivity index (χ4v) is 1.24. The van der Waals surface area contributed by atoms with E-state index >= 15 is 0 Å². The van der Waals surface area contributed by atoms with Crippen LogP contribution in [-0.4, -0.2) is 10.0 Å². The smallest absolute Gasteiger partial charge is 0.287 e. The van der Waals surface area contributed by atoms with Crippen LogP contribution in [0.1, 0.15) is 16.7 Å². The molecule has 0 unspecified atom stereocenters. The number of benzene rings is 1. The van der Waals surface area contributed by atoms with Crippen molar-refractivity contribution in [2.75, 3.05) is 0 Å². The van der Waals surface area contributed by atoms with Crippen molar-refractivity contribution in [1.29, 1.82) is 5.26 Å². The van der Waals surface area contributed by atoms with Gasteiger partial charge in [0.1, 0.15) is 11.6 Å². The fourth-order valence-electron chi connectivity index (χ4n) is 1.24. The quantitative estimate of drug-likeness (QED) is 0.564. The molecule has 72 valence electrons. The highest BCUT2D eigenvalue weighted by Crippen LogP contribution is 2.23. The topological polar surface area (TPSA) is 87.2 Å². The maximum atomic E-state index is 10.6. The SMILES string of the molecule is Cc1cc(CO)c(C#N)c([N+](=O)[O-])c1. The Bertz CT molecular complexity index is 421. The van der Waals surface area contributed by atoms with Crippen LogP contribution in [0.4, 0.5) is 5.69 Å². The average molecular weight is 192 g/mol. The van der Waals surface area contributed by atoms with Crippen LogP contribution in [0.25, 0.3) is 0 Å². The summed E-state index contributed by atoms with van der Waals surface area (Å²) in [5.74, 6) is 0. The van der Waals surface area contributed by atoms with E-state index in [-0.39, 0.29) is 17.9 Å². The van der Waals surface area contributed by atoms with E-state index < -0.39 is 4.92 Å². The maximum Gasteiger partial charge on any atom is 0.287 e. The van der Waals surface area contributed by atoms with Gasteiger partial charge in [-0.2, -0.15) is 5.26 Å². The lowest BCUT2D eigenvalue weighted by Crippen LogP contribution is -1.98. The third-order valence-electron chi connectivity index (χ3n) is 1.82. The average Bonchev–Trinajstić information content (AvgIpc) is 2.16. The molecule has 0 bridgehead atoms. The molecule has 5 heteroatoms. The Morgan fingerprint density at radius 1 is 1.64 bits per heavy atom. The normalized spacial score (nSPS) is 9.50. The zero-order valence-electron chi connectivity index (χ0n) is 7.52. The van der Waals surface area contributed by atoms with E-state index in [4.69, 9.17) is 10.4 Å². The number of nitrogens with zero attached hydrogens (tertiary/aromatic N) is 2. The number of rotatable bonds is 2. The molecule has 0 aliphatic rings. The van der Waals surface area contributed by atoms with Gasteiger partial charge in [-0.05, 0) is 12.5 Å². The van der Waals surface area contributed by atoms with Gasteiger partial charge < -0.3 is 5.11 Å². The summed E-state index contributed by atoms with van der Waals surface area (Å²) in [4.78, 5) is 9.95. The number of aryl methyl sites for hydroxylation is 1. The van der Waals surface area contributed by atoms with Crippen molar-refractivity contribution in [3.63, 3.8) is 0 Å². The van der Waals surface area contributed by atoms with Crippen LogP contribution in [0.2, 0.25) is 0 Å². The monoisotopic (exact) mass is 192 g/mol. The predicted molar refractivity (Wildman–Crippen MR) is 48.5 cm³/mol. The summed E-state index contributed by atoms with van der Waals surface area (Å²) >= 11 is 0. The second-order valence-electron chi connectivity index (χ2n) is 2.85. The summed E-state index contributed by atoms with van der Waals surface area (Å²) in [6, 6.07) is 4.60. The van der Waals surface area contributed by atoms with Gasteiger partial charge >= 0.3 is 0 Å². The van der Waals surface area contributed by atoms with E-state index in [0.29, 0.717) is 11.1 Å². The lowest BCUT2D eigenvalue weighted by molar-refractivity contribution is -0.385. The lowest BCUT2D eigenvalue weighted by atomic mass is 10.0. The summed E-state index contributed by atoms with van der Waals surface area (Å²) in [7, 11) is 0. The molecule has 0 heterocycles. The first-order valence-corrected chi connectivity index (χ1v) is 3.89. The van der Waals surface area contributed by atoms with Crippen molar-refractivity contribution in [1.82, 2.24) is 0 Å². The van der Waals surface area contributed by atoms with Crippen LogP contribution in [0, 0.1) is 28.4 Å². The Labute approximate surface area is 80.4 Å². The molecule has 0 saturated carbocycles. The van der Waals surface area contributed by atoms with Crippen molar-refractivity contribution in [2.45, 2.75) is 13.5 Å². The highest BCUT2D eigenvalue weighted by Gasteiger charge is 2.17. The van der Waals surface area contributed by atoms with Gasteiger partial charge in [0.25, 0.3) is 5.69 Å². The summed E-state index contributed by atoms with van der Waals surface area (Å²) in [5, 5.41) is 28.2. The molecule has 0 saturated heterocycles. The highest BCUT2D eigenvalue weighted by molar-refractivity contribution is 5.55. The molecule has 0 atom stereocenters. The summed E-state index contributed by atoms with van der Waals surface area (Å²) in [6.45, 7) is 1.30. The molecule has 5 nitrogen and oxygen atoms in total. The minimum absolute atomic E-state index is 0.0666. The first kappa shape index (κ1) is 10.2. The third-order valence-corrected chi connectivity index (χ3v) is 1.82. The highest BCUT2D eigenvalue weighted by atomic mass is 16.6. The van der Waals surface area contributed by atoms with E-state index in [1.165, 1.54) is 6.07 Å². The number of aliphatic hydroxyl groups is 1. The number of nitro groups is 1. The number of nitriles is 1. The predicted octanol–water partition coefficient (Wildman–Crippen LogP) is 1.27. The minimum Gasteiger partial charge on any atom is -0.392 e. The first-order valence-electron chi connectivity index (χ1n) is 3.89. The van der Waals surface area contributed by atoms with Crippen molar-refractivity contribution >= 4 is 5.69 Å². The van der Waals surface area contributed by atoms with E-state index in [1.54, 1.807) is 19.1 Å². The Balaban J connectivity index is 3.49. The van der Waals surface area contributed by atoms with Crippen LogP contribution in [0.3, 0.4) is 0 Å². The van der Waals surface area contributed by atoms with Crippen LogP contribution < -0.4 is 0 Å². The molecular weight excluding hydrogens is 184 g/mol. The number of nitro benzene ring substituents is 1. The first-order chi connectivity index (χ1) is 6.60. The van der Waals surface area contributed by atoms with Gasteiger partial charge in [0.2, 0.25) is 0 Å². The summed E-state index contributed by atoms with van der Waals surface area (Å²) in [5.41, 5.74) is 0.624. The number of aliphatic hydroxyl groups excluding tert-OH is 1. The van der Waals surface area contributed by atoms with Crippen LogP contribution >= 0.6 is 0 Å². The van der Waals surface area contributed by atoms with E-state index in [2.05, 4.69) is 0 Å². The Hall–Kier alpha value is -1.93. The number of hydrogen-bond acceptors (Lipinski definition) is 4. The molecule has 0 fully saturated rings. The van der Waals surface area contributed by atoms with Gasteiger partial charge in [0.15, 0.2) is 0 Å². The van der Waals surface area contributed by atoms with Gasteiger partial charge in [-0.1, -0.05) is 6.07 Å². The molecule has 1 N–H and O–H groups in total. The van der Waals surface area contributed by atoms with Crippen LogP contribution in [-0.2, 0) is 6.61 Å². The molecule has 1 rings (SSSR count). The van der Waals surface area contributed by atoms with Gasteiger partial charge in [0, 0.05) is 11.6 Å². The lowest BCUT2D eigenvalue weighted by Gasteiger charge is -2.02. The summed E-state index contributed by atoms with van der Waals surface area (Å²) < 4.78 is 0. The zero-order valence-corrected chi connectivity index (χ0v) is 7.52. The van der Waals surface area contributed by atoms with Gasteiger partial charge in [0.05, 0.1) is 11.5 Å². The van der Waals surface area contributed by atoms with E-state index in [0.717, 1.165) is 0 Å². The molecule has 0 spiro atoms. The molecule has 0 aliphatic heterocycles. The fraction of sp³-hybridized carbons (Fsp3) is 0.222. The molecule has 1 aromatic carbocycles. The Kier molecular flexibility index (Phi) is 2.79. The Morgan fingerprint density at radius 3 is 2.71 bits per heavy atom. The van der Waals surface area contributed by atoms with Crippen LogP contribution in [0.15, 0.2) is 12.1 Å². The third kappa shape index (κ3) is 1.70. The van der Waals surface area contributed by atoms with E-state index in [9.17, 15) is 10.1 Å². The van der Waals surface area contributed by atoms with Crippen molar-refractivity contribution in [3.05, 3.63) is 38.9 Å². The largest absolute Gasteiger partial charge is 0.392 e. The molecule has 14 heavy (non-hydrogen) atoms. The van der Waals surface area contributed by atoms with Gasteiger partial charge in [-0.15, -0.1) is 0 Å².